The lowest BCUT2D eigenvalue weighted by Crippen LogP contribution is -2.08. The van der Waals surface area contributed by atoms with Gasteiger partial charge >= 0.3 is 0 Å². The van der Waals surface area contributed by atoms with Crippen molar-refractivity contribution in [2.24, 2.45) is 0 Å². The molecule has 0 saturated carbocycles. The number of aromatic nitrogens is 2. The topological polar surface area (TPSA) is 37.8 Å². The highest BCUT2D eigenvalue weighted by Crippen LogP contribution is 2.31. The maximum Gasteiger partial charge on any atom is 0.224 e. The molecule has 106 valence electrons. The molecular formula is C10H2Cl2F5N3. The van der Waals surface area contributed by atoms with Crippen molar-refractivity contribution in [3.05, 3.63) is 45.6 Å². The van der Waals surface area contributed by atoms with Crippen molar-refractivity contribution in [3.63, 3.8) is 0 Å². The first-order valence-corrected chi connectivity index (χ1v) is 5.55. The van der Waals surface area contributed by atoms with Crippen LogP contribution in [0.2, 0.25) is 10.3 Å². The summed E-state index contributed by atoms with van der Waals surface area (Å²) >= 11 is 11.0. The van der Waals surface area contributed by atoms with E-state index < -0.39 is 40.6 Å². The predicted molar refractivity (Wildman–Crippen MR) is 61.6 cm³/mol. The van der Waals surface area contributed by atoms with Gasteiger partial charge in [0.15, 0.2) is 29.1 Å². The lowest BCUT2D eigenvalue weighted by Gasteiger charge is -2.11. The summed E-state index contributed by atoms with van der Waals surface area (Å²) in [5.41, 5.74) is -1.29. The van der Waals surface area contributed by atoms with Crippen LogP contribution >= 0.6 is 23.2 Å². The van der Waals surface area contributed by atoms with E-state index in [1.165, 1.54) is 0 Å². The summed E-state index contributed by atoms with van der Waals surface area (Å²) < 4.78 is 65.7. The van der Waals surface area contributed by atoms with Gasteiger partial charge in [-0.1, -0.05) is 11.6 Å². The zero-order valence-corrected chi connectivity index (χ0v) is 10.6. The van der Waals surface area contributed by atoms with Gasteiger partial charge in [-0.15, -0.1) is 0 Å². The van der Waals surface area contributed by atoms with E-state index in [-0.39, 0.29) is 10.3 Å². The normalized spacial score (nSPS) is 10.8. The Morgan fingerprint density at radius 3 is 1.90 bits per heavy atom. The fraction of sp³-hybridized carbons (Fsp3) is 0. The van der Waals surface area contributed by atoms with Crippen molar-refractivity contribution in [1.82, 2.24) is 9.97 Å². The molecule has 0 atom stereocenters. The van der Waals surface area contributed by atoms with Gasteiger partial charge in [-0.05, 0) is 11.6 Å². The molecule has 10 heteroatoms. The average molecular weight is 330 g/mol. The summed E-state index contributed by atoms with van der Waals surface area (Å²) in [7, 11) is 0. The highest BCUT2D eigenvalue weighted by Gasteiger charge is 2.26. The third kappa shape index (κ3) is 2.48. The predicted octanol–water partition coefficient (Wildman–Crippen LogP) is 4.22. The largest absolute Gasteiger partial charge is 0.334 e. The molecule has 2 aromatic rings. The van der Waals surface area contributed by atoms with E-state index >= 15 is 0 Å². The third-order valence-corrected chi connectivity index (χ3v) is 2.63. The van der Waals surface area contributed by atoms with Gasteiger partial charge in [-0.3, -0.25) is 0 Å². The molecule has 0 bridgehead atoms. The van der Waals surface area contributed by atoms with Gasteiger partial charge in [0.1, 0.15) is 10.7 Å². The first-order valence-electron chi connectivity index (χ1n) is 4.79. The summed E-state index contributed by atoms with van der Waals surface area (Å²) in [6.45, 7) is 0. The average Bonchev–Trinajstić information content (AvgIpc) is 2.43. The van der Waals surface area contributed by atoms with E-state index in [4.69, 9.17) is 23.2 Å². The van der Waals surface area contributed by atoms with Crippen molar-refractivity contribution < 1.29 is 22.0 Å². The van der Waals surface area contributed by atoms with Crippen molar-refractivity contribution in [2.75, 3.05) is 5.32 Å². The van der Waals surface area contributed by atoms with Crippen LogP contribution in [0.15, 0.2) is 6.20 Å². The Hall–Kier alpha value is -1.67. The van der Waals surface area contributed by atoms with Gasteiger partial charge in [0.05, 0.1) is 6.20 Å². The molecule has 1 aromatic carbocycles. The molecule has 0 saturated heterocycles. The first kappa shape index (κ1) is 14.7. The SMILES string of the molecule is Fc1c(F)c(F)c(Nc2nc(Cl)ncc2Cl)c(F)c1F. The molecule has 0 fully saturated rings. The summed E-state index contributed by atoms with van der Waals surface area (Å²) in [6.07, 6.45) is 0.991. The van der Waals surface area contributed by atoms with Crippen molar-refractivity contribution in [2.45, 2.75) is 0 Å². The number of benzene rings is 1. The fourth-order valence-corrected chi connectivity index (χ4v) is 1.54. The van der Waals surface area contributed by atoms with E-state index in [0.29, 0.717) is 0 Å². The van der Waals surface area contributed by atoms with Gasteiger partial charge in [0, 0.05) is 0 Å². The molecule has 0 radical (unpaired) electrons. The van der Waals surface area contributed by atoms with Crippen LogP contribution in [0.5, 0.6) is 0 Å². The molecule has 1 aromatic heterocycles. The number of anilines is 2. The lowest BCUT2D eigenvalue weighted by atomic mass is 10.2. The molecule has 2 rings (SSSR count). The smallest absolute Gasteiger partial charge is 0.224 e. The van der Waals surface area contributed by atoms with Gasteiger partial charge in [-0.2, -0.15) is 4.98 Å². The minimum atomic E-state index is -2.27. The number of nitrogens with zero attached hydrogens (tertiary/aromatic N) is 2. The van der Waals surface area contributed by atoms with E-state index in [1.807, 2.05) is 5.32 Å². The zero-order valence-electron chi connectivity index (χ0n) is 9.12. The molecule has 0 aliphatic heterocycles. The Morgan fingerprint density at radius 1 is 0.850 bits per heavy atom. The molecule has 0 unspecified atom stereocenters. The first-order chi connectivity index (χ1) is 9.32. The standard InChI is InChI=1S/C10H2Cl2F5N3/c11-2-1-18-10(12)20-9(2)19-8-6(16)4(14)3(13)5(15)7(8)17/h1H,(H,18,19,20). The molecule has 0 aliphatic carbocycles. The van der Waals surface area contributed by atoms with Crippen LogP contribution in [-0.2, 0) is 0 Å². The second-order valence-electron chi connectivity index (χ2n) is 3.41. The Balaban J connectivity index is 2.57. The van der Waals surface area contributed by atoms with Gasteiger partial charge in [0.2, 0.25) is 11.1 Å². The molecule has 0 aliphatic rings. The number of halogens is 7. The Labute approximate surface area is 118 Å². The van der Waals surface area contributed by atoms with Crippen LogP contribution in [0, 0.1) is 29.1 Å². The van der Waals surface area contributed by atoms with E-state index in [0.717, 1.165) is 6.20 Å². The minimum absolute atomic E-state index is 0.224. The number of hydrogen-bond donors (Lipinski definition) is 1. The van der Waals surface area contributed by atoms with Crippen molar-refractivity contribution >= 4 is 34.7 Å². The van der Waals surface area contributed by atoms with Crippen LogP contribution < -0.4 is 5.32 Å². The lowest BCUT2D eigenvalue weighted by molar-refractivity contribution is 0.382. The van der Waals surface area contributed by atoms with E-state index in [1.54, 1.807) is 0 Å². The Kier molecular flexibility index (Phi) is 3.96. The van der Waals surface area contributed by atoms with E-state index in [2.05, 4.69) is 9.97 Å². The highest BCUT2D eigenvalue weighted by atomic mass is 35.5. The monoisotopic (exact) mass is 329 g/mol. The highest BCUT2D eigenvalue weighted by molar-refractivity contribution is 6.33. The molecular weight excluding hydrogens is 328 g/mol. The Bertz CT molecular complexity index is 666. The third-order valence-electron chi connectivity index (χ3n) is 2.17. The van der Waals surface area contributed by atoms with Crippen molar-refractivity contribution in [1.29, 1.82) is 0 Å². The van der Waals surface area contributed by atoms with E-state index in [9.17, 15) is 22.0 Å². The molecule has 1 N–H and O–H groups in total. The van der Waals surface area contributed by atoms with Crippen molar-refractivity contribution in [3.8, 4) is 0 Å². The number of hydrogen-bond acceptors (Lipinski definition) is 3. The van der Waals surface area contributed by atoms with Gasteiger partial charge in [-0.25, -0.2) is 26.9 Å². The summed E-state index contributed by atoms with van der Waals surface area (Å²) in [5.74, 6) is -11.0. The quantitative estimate of drug-likeness (QED) is 0.388. The van der Waals surface area contributed by atoms with Crippen LogP contribution in [0.3, 0.4) is 0 Å². The molecule has 3 nitrogen and oxygen atoms in total. The molecule has 1 heterocycles. The molecule has 0 spiro atoms. The molecule has 0 amide bonds. The van der Waals surface area contributed by atoms with Gasteiger partial charge in [0.25, 0.3) is 0 Å². The second kappa shape index (κ2) is 5.37. The second-order valence-corrected chi connectivity index (χ2v) is 4.15. The summed E-state index contributed by atoms with van der Waals surface area (Å²) in [6, 6.07) is 0. The number of nitrogens with one attached hydrogen (secondary N) is 1. The maximum absolute atomic E-state index is 13.4. The summed E-state index contributed by atoms with van der Waals surface area (Å²) in [5, 5.41) is 1.34. The molecule has 20 heavy (non-hydrogen) atoms. The van der Waals surface area contributed by atoms with Crippen LogP contribution in [-0.4, -0.2) is 9.97 Å². The fourth-order valence-electron chi connectivity index (χ4n) is 1.27. The zero-order chi connectivity index (χ0) is 15.0. The van der Waals surface area contributed by atoms with Crippen LogP contribution in [0.1, 0.15) is 0 Å². The maximum atomic E-state index is 13.4. The van der Waals surface area contributed by atoms with Crippen LogP contribution in [0.4, 0.5) is 33.5 Å². The van der Waals surface area contributed by atoms with Gasteiger partial charge < -0.3 is 5.32 Å². The number of rotatable bonds is 2. The Morgan fingerprint density at radius 2 is 1.35 bits per heavy atom. The minimum Gasteiger partial charge on any atom is -0.334 e. The summed E-state index contributed by atoms with van der Waals surface area (Å²) in [4.78, 5) is 6.93. The van der Waals surface area contributed by atoms with Crippen LogP contribution in [0.25, 0.3) is 0 Å².